The van der Waals surface area contributed by atoms with Crippen LogP contribution < -0.4 is 5.32 Å². The second-order valence-corrected chi connectivity index (χ2v) is 7.22. The van der Waals surface area contributed by atoms with Crippen molar-refractivity contribution in [2.24, 2.45) is 0 Å². The van der Waals surface area contributed by atoms with Crippen LogP contribution in [0, 0.1) is 0 Å². The molecule has 0 atom stereocenters. The highest BCUT2D eigenvalue weighted by atomic mass is 32.2. The van der Waals surface area contributed by atoms with Gasteiger partial charge < -0.3 is 10.4 Å². The molecule has 2 N–H and O–H groups in total. The van der Waals surface area contributed by atoms with Gasteiger partial charge in [-0.2, -0.15) is 0 Å². The Hall–Kier alpha value is -2.31. The van der Waals surface area contributed by atoms with Gasteiger partial charge in [0.05, 0.1) is 17.0 Å². The van der Waals surface area contributed by atoms with E-state index in [0.29, 0.717) is 0 Å². The van der Waals surface area contributed by atoms with Crippen LogP contribution in [0.25, 0.3) is 11.1 Å². The molecule has 0 saturated heterocycles. The van der Waals surface area contributed by atoms with E-state index in [2.05, 4.69) is 40.6 Å². The third kappa shape index (κ3) is 4.34. The van der Waals surface area contributed by atoms with Gasteiger partial charge in [-0.05, 0) is 23.3 Å². The summed E-state index contributed by atoms with van der Waals surface area (Å²) in [5, 5.41) is 11.7. The quantitative estimate of drug-likeness (QED) is 0.704. The van der Waals surface area contributed by atoms with Crippen LogP contribution in [0.15, 0.2) is 69.9 Å². The molecule has 0 unspecified atom stereocenters. The van der Waals surface area contributed by atoms with Gasteiger partial charge in [0.2, 0.25) is 0 Å². The van der Waals surface area contributed by atoms with Crippen LogP contribution in [-0.2, 0) is 6.54 Å². The molecule has 0 bridgehead atoms. The van der Waals surface area contributed by atoms with Gasteiger partial charge >= 0.3 is 6.09 Å². The minimum Gasteiger partial charge on any atom is -0.465 e. The fourth-order valence-electron chi connectivity index (χ4n) is 2.06. The van der Waals surface area contributed by atoms with Crippen molar-refractivity contribution in [3.63, 3.8) is 0 Å². The molecular weight excluding hydrogens is 328 g/mol. The summed E-state index contributed by atoms with van der Waals surface area (Å²) in [6, 6.07) is 18.6. The van der Waals surface area contributed by atoms with Crippen molar-refractivity contribution in [3.8, 4) is 11.1 Å². The van der Waals surface area contributed by atoms with Gasteiger partial charge in [-0.1, -0.05) is 54.2 Å². The highest BCUT2D eigenvalue weighted by Crippen LogP contribution is 2.34. The normalized spacial score (nSPS) is 10.4. The lowest BCUT2D eigenvalue weighted by Gasteiger charge is -2.04. The fourth-order valence-corrected chi connectivity index (χ4v) is 4.06. The molecule has 0 spiro atoms. The van der Waals surface area contributed by atoms with Crippen molar-refractivity contribution >= 4 is 29.2 Å². The van der Waals surface area contributed by atoms with Crippen LogP contribution in [0.3, 0.4) is 0 Å². The smallest absolute Gasteiger partial charge is 0.405 e. The first-order valence-corrected chi connectivity index (χ1v) is 8.59. The monoisotopic (exact) mass is 342 g/mol. The minimum atomic E-state index is -1.04. The second kappa shape index (κ2) is 7.30. The lowest BCUT2D eigenvalue weighted by atomic mass is 10.1. The summed E-state index contributed by atoms with van der Waals surface area (Å²) in [5.74, 6) is 0. The highest BCUT2D eigenvalue weighted by Gasteiger charge is 2.06. The Morgan fingerprint density at radius 1 is 1.13 bits per heavy atom. The Morgan fingerprint density at radius 3 is 2.70 bits per heavy atom. The van der Waals surface area contributed by atoms with Crippen LogP contribution in [0.2, 0.25) is 0 Å². The van der Waals surface area contributed by atoms with Crippen LogP contribution in [-0.4, -0.2) is 16.2 Å². The molecule has 4 nitrogen and oxygen atoms in total. The molecule has 3 aromatic rings. The SMILES string of the molecule is O=C(O)NCc1ncc(Sc2cccc(-c3ccccc3)c2)s1. The van der Waals surface area contributed by atoms with Crippen molar-refractivity contribution in [3.05, 3.63) is 65.8 Å². The van der Waals surface area contributed by atoms with E-state index in [9.17, 15) is 4.79 Å². The van der Waals surface area contributed by atoms with Crippen molar-refractivity contribution in [2.75, 3.05) is 0 Å². The van der Waals surface area contributed by atoms with Crippen molar-refractivity contribution in [1.29, 1.82) is 0 Å². The summed E-state index contributed by atoms with van der Waals surface area (Å²) in [6.45, 7) is 0.241. The number of nitrogens with zero attached hydrogens (tertiary/aromatic N) is 1. The van der Waals surface area contributed by atoms with E-state index < -0.39 is 6.09 Å². The number of hydrogen-bond acceptors (Lipinski definition) is 4. The third-order valence-corrected chi connectivity index (χ3v) is 5.17. The summed E-state index contributed by atoms with van der Waals surface area (Å²) in [7, 11) is 0. The zero-order valence-corrected chi connectivity index (χ0v) is 13.7. The fraction of sp³-hybridized carbons (Fsp3) is 0.0588. The predicted molar refractivity (Wildman–Crippen MR) is 93.0 cm³/mol. The van der Waals surface area contributed by atoms with Crippen LogP contribution in [0.4, 0.5) is 4.79 Å². The van der Waals surface area contributed by atoms with Gasteiger partial charge in [0.25, 0.3) is 0 Å². The molecule has 6 heteroatoms. The first-order chi connectivity index (χ1) is 11.2. The molecule has 0 aliphatic rings. The van der Waals surface area contributed by atoms with Gasteiger partial charge in [0.1, 0.15) is 5.01 Å². The van der Waals surface area contributed by atoms with Crippen molar-refractivity contribution in [1.82, 2.24) is 10.3 Å². The average molecular weight is 342 g/mol. The standard InChI is InChI=1S/C17H14N2O2S2/c20-17(21)19-10-15-18-11-16(23-15)22-14-8-4-7-13(9-14)12-5-2-1-3-6-12/h1-9,11,19H,10H2,(H,20,21). The number of nitrogens with one attached hydrogen (secondary N) is 1. The lowest BCUT2D eigenvalue weighted by Crippen LogP contribution is -2.19. The van der Waals surface area contributed by atoms with E-state index in [1.807, 2.05) is 24.3 Å². The number of thiazole rings is 1. The average Bonchev–Trinajstić information content (AvgIpc) is 3.01. The van der Waals surface area contributed by atoms with Crippen LogP contribution >= 0.6 is 23.1 Å². The molecular formula is C17H14N2O2S2. The largest absolute Gasteiger partial charge is 0.465 e. The minimum absolute atomic E-state index is 0.241. The molecule has 0 radical (unpaired) electrons. The Balaban J connectivity index is 1.72. The van der Waals surface area contributed by atoms with Gasteiger partial charge in [0.15, 0.2) is 0 Å². The summed E-state index contributed by atoms with van der Waals surface area (Å²) in [6.07, 6.45) is 0.744. The highest BCUT2D eigenvalue weighted by molar-refractivity contribution is 8.01. The molecule has 116 valence electrons. The van der Waals surface area contributed by atoms with E-state index >= 15 is 0 Å². The number of rotatable bonds is 5. The molecule has 1 aromatic heterocycles. The maximum atomic E-state index is 10.5. The van der Waals surface area contributed by atoms with Gasteiger partial charge in [0, 0.05) is 4.90 Å². The predicted octanol–water partition coefficient (Wildman–Crippen LogP) is 4.73. The Morgan fingerprint density at radius 2 is 1.91 bits per heavy atom. The molecule has 0 aliphatic heterocycles. The van der Waals surface area contributed by atoms with Crippen LogP contribution in [0.1, 0.15) is 5.01 Å². The number of hydrogen-bond donors (Lipinski definition) is 2. The molecule has 2 aromatic carbocycles. The maximum absolute atomic E-state index is 10.5. The molecule has 23 heavy (non-hydrogen) atoms. The molecule has 0 aliphatic carbocycles. The summed E-state index contributed by atoms with van der Waals surface area (Å²) < 4.78 is 1.04. The summed E-state index contributed by atoms with van der Waals surface area (Å²) in [4.78, 5) is 15.9. The third-order valence-electron chi connectivity index (χ3n) is 3.08. The zero-order chi connectivity index (χ0) is 16.1. The molecule has 1 amide bonds. The molecule has 0 fully saturated rings. The zero-order valence-electron chi connectivity index (χ0n) is 12.1. The first kappa shape index (κ1) is 15.6. The van der Waals surface area contributed by atoms with E-state index in [4.69, 9.17) is 5.11 Å². The van der Waals surface area contributed by atoms with Crippen molar-refractivity contribution < 1.29 is 9.90 Å². The second-order valence-electron chi connectivity index (χ2n) is 4.73. The number of carboxylic acid groups (broad SMARTS) is 1. The van der Waals surface area contributed by atoms with Gasteiger partial charge in [-0.3, -0.25) is 0 Å². The number of amides is 1. The number of benzene rings is 2. The van der Waals surface area contributed by atoms with Gasteiger partial charge in [-0.15, -0.1) is 11.3 Å². The Kier molecular flexibility index (Phi) is 4.95. The molecule has 3 rings (SSSR count). The van der Waals surface area contributed by atoms with Crippen LogP contribution in [0.5, 0.6) is 0 Å². The van der Waals surface area contributed by atoms with E-state index in [0.717, 1.165) is 14.1 Å². The maximum Gasteiger partial charge on any atom is 0.405 e. The Bertz CT molecular complexity index is 803. The lowest BCUT2D eigenvalue weighted by molar-refractivity contribution is 0.194. The number of aromatic nitrogens is 1. The first-order valence-electron chi connectivity index (χ1n) is 6.95. The Labute approximate surface area is 142 Å². The summed E-state index contributed by atoms with van der Waals surface area (Å²) >= 11 is 3.13. The number of carbonyl (C=O) groups is 1. The van der Waals surface area contributed by atoms with Crippen molar-refractivity contribution in [2.45, 2.75) is 15.6 Å². The summed E-state index contributed by atoms with van der Waals surface area (Å²) in [5.41, 5.74) is 2.36. The topological polar surface area (TPSA) is 62.2 Å². The molecule has 1 heterocycles. The van der Waals surface area contributed by atoms with E-state index in [1.54, 1.807) is 18.0 Å². The van der Waals surface area contributed by atoms with E-state index in [-0.39, 0.29) is 6.54 Å². The molecule has 0 saturated carbocycles. The van der Waals surface area contributed by atoms with Gasteiger partial charge in [-0.25, -0.2) is 9.78 Å². The van der Waals surface area contributed by atoms with E-state index in [1.165, 1.54) is 22.5 Å².